The first-order chi connectivity index (χ1) is 9.78. The normalized spacial score (nSPS) is 19.0. The molecule has 3 rings (SSSR count). The van der Waals surface area contributed by atoms with Crippen molar-refractivity contribution >= 4 is 28.1 Å². The minimum atomic E-state index is 0.0380. The molecule has 6 nitrogen and oxygen atoms in total. The fourth-order valence-corrected chi connectivity index (χ4v) is 3.27. The van der Waals surface area contributed by atoms with Crippen LogP contribution in [0.4, 0.5) is 5.00 Å². The van der Waals surface area contributed by atoms with Gasteiger partial charge in [0.15, 0.2) is 5.15 Å². The molecule has 0 aliphatic carbocycles. The number of aromatic nitrogens is 3. The fourth-order valence-electron chi connectivity index (χ4n) is 2.20. The quantitative estimate of drug-likeness (QED) is 0.864. The summed E-state index contributed by atoms with van der Waals surface area (Å²) in [7, 11) is 0. The van der Waals surface area contributed by atoms with Crippen LogP contribution in [-0.2, 0) is 11.3 Å². The molecule has 104 valence electrons. The minimum Gasteiger partial charge on any atom is -0.373 e. The molecule has 0 spiro atoms. The maximum absolute atomic E-state index is 9.15. The molecular formula is C12H12ClN5OS. The Morgan fingerprint density at radius 1 is 1.60 bits per heavy atom. The molecule has 3 heterocycles. The van der Waals surface area contributed by atoms with E-state index in [1.807, 2.05) is 16.9 Å². The first kappa shape index (κ1) is 13.4. The van der Waals surface area contributed by atoms with E-state index in [1.54, 1.807) is 6.20 Å². The first-order valence-electron chi connectivity index (χ1n) is 6.17. The van der Waals surface area contributed by atoms with E-state index in [-0.39, 0.29) is 11.3 Å². The highest BCUT2D eigenvalue weighted by Crippen LogP contribution is 2.32. The second kappa shape index (κ2) is 5.79. The highest BCUT2D eigenvalue weighted by atomic mass is 35.5. The van der Waals surface area contributed by atoms with Crippen molar-refractivity contribution in [2.75, 3.05) is 24.6 Å². The predicted molar refractivity (Wildman–Crippen MR) is 76.0 cm³/mol. The van der Waals surface area contributed by atoms with Gasteiger partial charge in [0.2, 0.25) is 0 Å². The lowest BCUT2D eigenvalue weighted by molar-refractivity contribution is 0.0276. The van der Waals surface area contributed by atoms with Gasteiger partial charge in [-0.15, -0.1) is 0 Å². The Morgan fingerprint density at radius 3 is 3.25 bits per heavy atom. The molecule has 1 fully saturated rings. The van der Waals surface area contributed by atoms with Gasteiger partial charge in [0.1, 0.15) is 16.6 Å². The zero-order chi connectivity index (χ0) is 13.9. The molecule has 8 heteroatoms. The van der Waals surface area contributed by atoms with Crippen molar-refractivity contribution < 1.29 is 4.74 Å². The highest BCUT2D eigenvalue weighted by Gasteiger charge is 2.25. The molecule has 0 bridgehead atoms. The molecule has 2 aromatic rings. The first-order valence-corrected chi connectivity index (χ1v) is 7.32. The van der Waals surface area contributed by atoms with Gasteiger partial charge in [-0.2, -0.15) is 14.7 Å². The zero-order valence-corrected chi connectivity index (χ0v) is 12.1. The molecule has 0 radical (unpaired) electrons. The van der Waals surface area contributed by atoms with E-state index in [2.05, 4.69) is 20.4 Å². The lowest BCUT2D eigenvalue weighted by Crippen LogP contribution is -2.44. The van der Waals surface area contributed by atoms with Gasteiger partial charge in [0.05, 0.1) is 19.3 Å². The number of nitrogens with zero attached hydrogens (tertiary/aromatic N) is 5. The summed E-state index contributed by atoms with van der Waals surface area (Å²) in [4.78, 5) is 2.11. The summed E-state index contributed by atoms with van der Waals surface area (Å²) in [5.41, 5.74) is 0.455. The summed E-state index contributed by atoms with van der Waals surface area (Å²) in [5.74, 6) is 0. The van der Waals surface area contributed by atoms with Crippen molar-refractivity contribution in [3.63, 3.8) is 0 Å². The van der Waals surface area contributed by atoms with Crippen LogP contribution in [0.3, 0.4) is 0 Å². The van der Waals surface area contributed by atoms with E-state index < -0.39 is 0 Å². The SMILES string of the molecule is N#Cc1c(Cl)nsc1N1CCOC(Cn2cccn2)C1. The van der Waals surface area contributed by atoms with Crippen molar-refractivity contribution in [2.24, 2.45) is 0 Å². The predicted octanol–water partition coefficient (Wildman–Crippen LogP) is 1.77. The number of nitriles is 1. The van der Waals surface area contributed by atoms with Gasteiger partial charge in [-0.05, 0) is 17.6 Å². The van der Waals surface area contributed by atoms with E-state index in [4.69, 9.17) is 21.6 Å². The Labute approximate surface area is 125 Å². The second-order valence-corrected chi connectivity index (χ2v) is 5.54. The van der Waals surface area contributed by atoms with Crippen LogP contribution in [0.15, 0.2) is 18.5 Å². The Kier molecular flexibility index (Phi) is 3.87. The average molecular weight is 310 g/mol. The van der Waals surface area contributed by atoms with Gasteiger partial charge in [0.25, 0.3) is 0 Å². The number of rotatable bonds is 3. The van der Waals surface area contributed by atoms with Crippen LogP contribution in [0.5, 0.6) is 0 Å². The molecule has 0 amide bonds. The molecule has 2 aromatic heterocycles. The van der Waals surface area contributed by atoms with Crippen LogP contribution in [0.1, 0.15) is 5.56 Å². The summed E-state index contributed by atoms with van der Waals surface area (Å²) in [6, 6.07) is 4.00. The van der Waals surface area contributed by atoms with Crippen LogP contribution >= 0.6 is 23.1 Å². The molecule has 0 N–H and O–H groups in total. The standard InChI is InChI=1S/C12H12ClN5OS/c13-11-10(6-14)12(20-16-11)17-4-5-19-9(7-17)8-18-3-1-2-15-18/h1-3,9H,4-5,7-8H2. The van der Waals surface area contributed by atoms with Crippen LogP contribution < -0.4 is 4.90 Å². The van der Waals surface area contributed by atoms with Gasteiger partial charge in [-0.25, -0.2) is 0 Å². The largest absolute Gasteiger partial charge is 0.373 e. The van der Waals surface area contributed by atoms with Crippen molar-refractivity contribution in [2.45, 2.75) is 12.6 Å². The number of halogens is 1. The zero-order valence-electron chi connectivity index (χ0n) is 10.6. The van der Waals surface area contributed by atoms with E-state index in [0.29, 0.717) is 25.3 Å². The third kappa shape index (κ3) is 2.63. The van der Waals surface area contributed by atoms with E-state index in [1.165, 1.54) is 11.5 Å². The molecule has 1 aliphatic heterocycles. The maximum atomic E-state index is 9.15. The Bertz CT molecular complexity index is 620. The maximum Gasteiger partial charge on any atom is 0.162 e. The van der Waals surface area contributed by atoms with E-state index in [0.717, 1.165) is 11.5 Å². The summed E-state index contributed by atoms with van der Waals surface area (Å²) in [6.07, 6.45) is 3.69. The monoisotopic (exact) mass is 309 g/mol. The molecule has 0 aromatic carbocycles. The molecule has 0 saturated carbocycles. The van der Waals surface area contributed by atoms with Gasteiger partial charge < -0.3 is 9.64 Å². The van der Waals surface area contributed by atoms with Gasteiger partial charge in [-0.3, -0.25) is 4.68 Å². The summed E-state index contributed by atoms with van der Waals surface area (Å²) in [5, 5.41) is 14.4. The van der Waals surface area contributed by atoms with Crippen molar-refractivity contribution in [1.82, 2.24) is 14.2 Å². The van der Waals surface area contributed by atoms with Gasteiger partial charge in [0, 0.05) is 25.5 Å². The molecular weight excluding hydrogens is 298 g/mol. The van der Waals surface area contributed by atoms with Crippen LogP contribution in [0, 0.1) is 11.3 Å². The van der Waals surface area contributed by atoms with Gasteiger partial charge in [-0.1, -0.05) is 11.6 Å². The Morgan fingerprint density at radius 2 is 2.50 bits per heavy atom. The Balaban J connectivity index is 1.73. The molecule has 1 unspecified atom stereocenters. The minimum absolute atomic E-state index is 0.0380. The van der Waals surface area contributed by atoms with Crippen LogP contribution in [-0.4, -0.2) is 40.0 Å². The lowest BCUT2D eigenvalue weighted by Gasteiger charge is -2.33. The van der Waals surface area contributed by atoms with Gasteiger partial charge >= 0.3 is 0 Å². The number of morpholine rings is 1. The number of ether oxygens (including phenoxy) is 1. The summed E-state index contributed by atoms with van der Waals surface area (Å²) < 4.78 is 11.6. The highest BCUT2D eigenvalue weighted by molar-refractivity contribution is 7.10. The topological polar surface area (TPSA) is 67.0 Å². The van der Waals surface area contributed by atoms with Crippen molar-refractivity contribution in [3.05, 3.63) is 29.2 Å². The summed E-state index contributed by atoms with van der Waals surface area (Å²) >= 11 is 7.18. The lowest BCUT2D eigenvalue weighted by atomic mass is 10.2. The van der Waals surface area contributed by atoms with Crippen LogP contribution in [0.25, 0.3) is 0 Å². The van der Waals surface area contributed by atoms with Crippen molar-refractivity contribution in [1.29, 1.82) is 5.26 Å². The molecule has 1 atom stereocenters. The Hall–Kier alpha value is -1.62. The third-order valence-corrected chi connectivity index (χ3v) is 4.40. The molecule has 1 aliphatic rings. The number of anilines is 1. The van der Waals surface area contributed by atoms with E-state index in [9.17, 15) is 0 Å². The number of hydrogen-bond acceptors (Lipinski definition) is 6. The fraction of sp³-hybridized carbons (Fsp3) is 0.417. The molecule has 1 saturated heterocycles. The molecule has 20 heavy (non-hydrogen) atoms. The van der Waals surface area contributed by atoms with E-state index >= 15 is 0 Å². The van der Waals surface area contributed by atoms with Crippen LogP contribution in [0.2, 0.25) is 5.15 Å². The second-order valence-electron chi connectivity index (χ2n) is 4.43. The number of hydrogen-bond donors (Lipinski definition) is 0. The summed E-state index contributed by atoms with van der Waals surface area (Å²) in [6.45, 7) is 2.75. The average Bonchev–Trinajstić information content (AvgIpc) is 3.08. The smallest absolute Gasteiger partial charge is 0.162 e. The third-order valence-electron chi connectivity index (χ3n) is 3.12. The van der Waals surface area contributed by atoms with Crippen molar-refractivity contribution in [3.8, 4) is 6.07 Å².